The molecule has 6 heteroatoms. The first-order chi connectivity index (χ1) is 9.71. The standard InChI is InChI=1S/C15H26N2O2S2/c1-7-8-17(12(4)5)21(18,19)15-13(6)10-20-14(15)9-16-11(2)3/h7,10-12,16H,1,8-9H2,2-6H3. The molecule has 0 aliphatic heterocycles. The van der Waals surface area contributed by atoms with Crippen molar-refractivity contribution in [1.29, 1.82) is 0 Å². The fourth-order valence-electron chi connectivity index (χ4n) is 2.08. The molecule has 0 spiro atoms. The van der Waals surface area contributed by atoms with Crippen LogP contribution >= 0.6 is 11.3 Å². The second kappa shape index (κ2) is 7.54. The third-order valence-electron chi connectivity index (χ3n) is 3.11. The van der Waals surface area contributed by atoms with Crippen molar-refractivity contribution in [2.75, 3.05) is 6.54 Å². The van der Waals surface area contributed by atoms with Crippen LogP contribution in [-0.4, -0.2) is 31.4 Å². The quantitative estimate of drug-likeness (QED) is 0.745. The molecule has 0 amide bonds. The highest BCUT2D eigenvalue weighted by atomic mass is 32.2. The maximum atomic E-state index is 13.0. The maximum Gasteiger partial charge on any atom is 0.245 e. The molecule has 21 heavy (non-hydrogen) atoms. The van der Waals surface area contributed by atoms with E-state index in [9.17, 15) is 8.42 Å². The lowest BCUT2D eigenvalue weighted by molar-refractivity contribution is 0.382. The Kier molecular flexibility index (Phi) is 6.59. The molecule has 0 aliphatic rings. The Balaban J connectivity index is 3.23. The van der Waals surface area contributed by atoms with Crippen molar-refractivity contribution in [2.45, 2.75) is 58.1 Å². The molecule has 0 bridgehead atoms. The van der Waals surface area contributed by atoms with Gasteiger partial charge in [-0.2, -0.15) is 4.31 Å². The summed E-state index contributed by atoms with van der Waals surface area (Å²) < 4.78 is 27.4. The summed E-state index contributed by atoms with van der Waals surface area (Å²) in [5.74, 6) is 0. The third kappa shape index (κ3) is 4.39. The fourth-order valence-corrected chi connectivity index (χ4v) is 5.41. The summed E-state index contributed by atoms with van der Waals surface area (Å²) >= 11 is 1.50. The van der Waals surface area contributed by atoms with E-state index >= 15 is 0 Å². The van der Waals surface area contributed by atoms with E-state index in [1.165, 1.54) is 15.6 Å². The van der Waals surface area contributed by atoms with E-state index in [0.29, 0.717) is 24.0 Å². The van der Waals surface area contributed by atoms with Crippen molar-refractivity contribution in [3.63, 3.8) is 0 Å². The average molecular weight is 331 g/mol. The summed E-state index contributed by atoms with van der Waals surface area (Å²) in [5.41, 5.74) is 0.815. The summed E-state index contributed by atoms with van der Waals surface area (Å²) in [6.45, 7) is 14.3. The number of thiophene rings is 1. The third-order valence-corrected chi connectivity index (χ3v) is 6.62. The van der Waals surface area contributed by atoms with Crippen LogP contribution in [-0.2, 0) is 16.6 Å². The van der Waals surface area contributed by atoms with Crippen LogP contribution in [0.1, 0.15) is 38.1 Å². The fraction of sp³-hybridized carbons (Fsp3) is 0.600. The molecule has 0 saturated carbocycles. The minimum absolute atomic E-state index is 0.0989. The lowest BCUT2D eigenvalue weighted by atomic mass is 10.3. The molecule has 1 N–H and O–H groups in total. The van der Waals surface area contributed by atoms with Crippen molar-refractivity contribution in [1.82, 2.24) is 9.62 Å². The number of nitrogens with one attached hydrogen (secondary N) is 1. The first kappa shape index (κ1) is 18.4. The van der Waals surface area contributed by atoms with Gasteiger partial charge in [-0.3, -0.25) is 0 Å². The molecule has 0 atom stereocenters. The Labute approximate surface area is 132 Å². The molecule has 0 saturated heterocycles. The highest BCUT2D eigenvalue weighted by Crippen LogP contribution is 2.30. The first-order valence-corrected chi connectivity index (χ1v) is 9.46. The predicted molar refractivity (Wildman–Crippen MR) is 90.3 cm³/mol. The predicted octanol–water partition coefficient (Wildman–Crippen LogP) is 3.14. The SMILES string of the molecule is C=CCN(C(C)C)S(=O)(=O)c1c(C)csc1CNC(C)C. The van der Waals surface area contributed by atoms with Crippen LogP contribution in [0.25, 0.3) is 0 Å². The lowest BCUT2D eigenvalue weighted by Gasteiger charge is -2.25. The number of nitrogens with zero attached hydrogens (tertiary/aromatic N) is 1. The molecular weight excluding hydrogens is 304 g/mol. The number of hydrogen-bond acceptors (Lipinski definition) is 4. The van der Waals surface area contributed by atoms with Crippen LogP contribution in [0.5, 0.6) is 0 Å². The van der Waals surface area contributed by atoms with Gasteiger partial charge in [-0.25, -0.2) is 8.42 Å². The Hall–Kier alpha value is -0.690. The highest BCUT2D eigenvalue weighted by molar-refractivity contribution is 7.89. The van der Waals surface area contributed by atoms with Gasteiger partial charge in [0.15, 0.2) is 0 Å². The van der Waals surface area contributed by atoms with Gasteiger partial charge in [0.25, 0.3) is 0 Å². The summed E-state index contributed by atoms with van der Waals surface area (Å²) in [7, 11) is -3.50. The van der Waals surface area contributed by atoms with Gasteiger partial charge in [-0.1, -0.05) is 19.9 Å². The zero-order valence-corrected chi connectivity index (χ0v) is 15.1. The maximum absolute atomic E-state index is 13.0. The molecule has 1 rings (SSSR count). The minimum atomic E-state index is -3.50. The minimum Gasteiger partial charge on any atom is -0.310 e. The molecule has 120 valence electrons. The van der Waals surface area contributed by atoms with E-state index in [4.69, 9.17) is 0 Å². The molecule has 1 aromatic heterocycles. The van der Waals surface area contributed by atoms with E-state index in [1.807, 2.05) is 40.0 Å². The Morgan fingerprint density at radius 1 is 1.38 bits per heavy atom. The summed E-state index contributed by atoms with van der Waals surface area (Å²) in [5, 5.41) is 5.21. The van der Waals surface area contributed by atoms with Gasteiger partial charge < -0.3 is 5.32 Å². The molecule has 0 aromatic carbocycles. The van der Waals surface area contributed by atoms with Crippen molar-refractivity contribution in [2.24, 2.45) is 0 Å². The molecule has 0 fully saturated rings. The molecule has 1 heterocycles. The van der Waals surface area contributed by atoms with Crippen molar-refractivity contribution in [3.05, 3.63) is 28.5 Å². The van der Waals surface area contributed by atoms with Crippen molar-refractivity contribution < 1.29 is 8.42 Å². The molecule has 0 radical (unpaired) electrons. The largest absolute Gasteiger partial charge is 0.310 e. The molecule has 0 aliphatic carbocycles. The van der Waals surface area contributed by atoms with Crippen LogP contribution in [0.15, 0.2) is 22.9 Å². The van der Waals surface area contributed by atoms with Gasteiger partial charge in [0.05, 0.1) is 0 Å². The van der Waals surface area contributed by atoms with Crippen LogP contribution in [0.4, 0.5) is 0 Å². The normalized spacial score (nSPS) is 12.6. The zero-order valence-electron chi connectivity index (χ0n) is 13.5. The van der Waals surface area contributed by atoms with Crippen LogP contribution in [0, 0.1) is 6.92 Å². The Bertz CT molecular complexity index is 574. The lowest BCUT2D eigenvalue weighted by Crippen LogP contribution is -2.37. The highest BCUT2D eigenvalue weighted by Gasteiger charge is 2.30. The molecule has 1 aromatic rings. The van der Waals surface area contributed by atoms with Gasteiger partial charge in [0.2, 0.25) is 10.0 Å². The average Bonchev–Trinajstić information content (AvgIpc) is 2.74. The van der Waals surface area contributed by atoms with Crippen LogP contribution < -0.4 is 5.32 Å². The number of rotatable bonds is 8. The summed E-state index contributed by atoms with van der Waals surface area (Å²) in [6.07, 6.45) is 1.63. The van der Waals surface area contributed by atoms with Crippen molar-refractivity contribution in [3.8, 4) is 0 Å². The van der Waals surface area contributed by atoms with Crippen LogP contribution in [0.3, 0.4) is 0 Å². The first-order valence-electron chi connectivity index (χ1n) is 7.14. The Morgan fingerprint density at radius 2 is 2.00 bits per heavy atom. The van der Waals surface area contributed by atoms with Gasteiger partial charge in [0, 0.05) is 30.1 Å². The van der Waals surface area contributed by atoms with Crippen molar-refractivity contribution >= 4 is 21.4 Å². The second-order valence-corrected chi connectivity index (χ2v) is 8.46. The molecule has 0 unspecified atom stereocenters. The smallest absolute Gasteiger partial charge is 0.245 e. The van der Waals surface area contributed by atoms with Gasteiger partial charge >= 0.3 is 0 Å². The van der Waals surface area contributed by atoms with E-state index in [-0.39, 0.29) is 6.04 Å². The van der Waals surface area contributed by atoms with E-state index in [1.54, 1.807) is 6.08 Å². The molecule has 4 nitrogen and oxygen atoms in total. The molecular formula is C15H26N2O2S2. The van der Waals surface area contributed by atoms with E-state index < -0.39 is 10.0 Å². The van der Waals surface area contributed by atoms with E-state index in [0.717, 1.165) is 10.4 Å². The van der Waals surface area contributed by atoms with E-state index in [2.05, 4.69) is 11.9 Å². The number of aryl methyl sites for hydroxylation is 1. The summed E-state index contributed by atoms with van der Waals surface area (Å²) in [4.78, 5) is 1.33. The number of hydrogen-bond donors (Lipinski definition) is 1. The topological polar surface area (TPSA) is 49.4 Å². The van der Waals surface area contributed by atoms with Gasteiger partial charge in [0.1, 0.15) is 4.90 Å². The second-order valence-electron chi connectivity index (χ2n) is 5.66. The zero-order chi connectivity index (χ0) is 16.2. The Morgan fingerprint density at radius 3 is 2.48 bits per heavy atom. The van der Waals surface area contributed by atoms with Gasteiger partial charge in [-0.05, 0) is 31.7 Å². The number of sulfonamides is 1. The summed E-state index contributed by atoms with van der Waals surface area (Å²) in [6, 6.07) is 0.218. The van der Waals surface area contributed by atoms with Crippen LogP contribution in [0.2, 0.25) is 0 Å². The van der Waals surface area contributed by atoms with Gasteiger partial charge in [-0.15, -0.1) is 17.9 Å². The monoisotopic (exact) mass is 330 g/mol.